The minimum Gasteiger partial charge on any atom is -0.323 e. The molecule has 0 spiro atoms. The Hall–Kier alpha value is -1.81. The molecular formula is C12H14N4. The lowest BCUT2D eigenvalue weighted by atomic mass is 10.1. The van der Waals surface area contributed by atoms with E-state index in [0.717, 1.165) is 22.8 Å². The van der Waals surface area contributed by atoms with E-state index in [9.17, 15) is 0 Å². The first-order chi connectivity index (χ1) is 7.66. The molecule has 1 unspecified atom stereocenters. The van der Waals surface area contributed by atoms with E-state index < -0.39 is 0 Å². The maximum atomic E-state index is 5.82. The van der Waals surface area contributed by atoms with Gasteiger partial charge >= 0.3 is 0 Å². The Morgan fingerprint density at radius 3 is 2.75 bits per heavy atom. The molecule has 0 aliphatic carbocycles. The third-order valence-corrected chi connectivity index (χ3v) is 2.28. The van der Waals surface area contributed by atoms with E-state index >= 15 is 0 Å². The van der Waals surface area contributed by atoms with E-state index in [0.29, 0.717) is 0 Å². The molecule has 0 fully saturated rings. The smallest absolute Gasteiger partial charge is 0.126 e. The van der Waals surface area contributed by atoms with E-state index in [4.69, 9.17) is 5.73 Å². The van der Waals surface area contributed by atoms with Crippen molar-refractivity contribution in [3.63, 3.8) is 0 Å². The molecule has 0 aromatic carbocycles. The Morgan fingerprint density at radius 2 is 2.12 bits per heavy atom. The molecule has 2 aromatic rings. The summed E-state index contributed by atoms with van der Waals surface area (Å²) in [5.41, 5.74) is 8.53. The van der Waals surface area contributed by atoms with Gasteiger partial charge in [-0.15, -0.1) is 0 Å². The van der Waals surface area contributed by atoms with Crippen LogP contribution in [0.4, 0.5) is 0 Å². The number of rotatable bonds is 2. The van der Waals surface area contributed by atoms with Crippen molar-refractivity contribution in [3.05, 3.63) is 42.1 Å². The molecule has 16 heavy (non-hydrogen) atoms. The van der Waals surface area contributed by atoms with Crippen LogP contribution < -0.4 is 5.73 Å². The molecule has 2 N–H and O–H groups in total. The first kappa shape index (κ1) is 10.7. The second-order valence-electron chi connectivity index (χ2n) is 3.76. The van der Waals surface area contributed by atoms with Crippen LogP contribution in [0.2, 0.25) is 0 Å². The Balaban J connectivity index is 2.50. The largest absolute Gasteiger partial charge is 0.323 e. The fourth-order valence-electron chi connectivity index (χ4n) is 1.49. The van der Waals surface area contributed by atoms with Gasteiger partial charge in [-0.25, -0.2) is 9.97 Å². The molecule has 0 aliphatic rings. The SMILES string of the molecule is Cc1nc(-c2cccnc2)cc(C(C)N)n1. The normalized spacial score (nSPS) is 12.4. The topological polar surface area (TPSA) is 64.7 Å². The molecule has 2 aromatic heterocycles. The zero-order valence-corrected chi connectivity index (χ0v) is 9.38. The summed E-state index contributed by atoms with van der Waals surface area (Å²) in [6.07, 6.45) is 3.52. The predicted molar refractivity (Wildman–Crippen MR) is 62.6 cm³/mol. The van der Waals surface area contributed by atoms with Crippen molar-refractivity contribution in [2.24, 2.45) is 5.73 Å². The average molecular weight is 214 g/mol. The first-order valence-electron chi connectivity index (χ1n) is 5.18. The molecule has 0 saturated carbocycles. The van der Waals surface area contributed by atoms with Gasteiger partial charge in [-0.1, -0.05) is 0 Å². The molecule has 82 valence electrons. The molecule has 2 rings (SSSR count). The molecule has 4 nitrogen and oxygen atoms in total. The molecule has 0 saturated heterocycles. The zero-order valence-electron chi connectivity index (χ0n) is 9.38. The van der Waals surface area contributed by atoms with Crippen molar-refractivity contribution >= 4 is 0 Å². The second kappa shape index (κ2) is 4.37. The van der Waals surface area contributed by atoms with E-state index in [1.54, 1.807) is 12.4 Å². The summed E-state index contributed by atoms with van der Waals surface area (Å²) in [7, 11) is 0. The van der Waals surface area contributed by atoms with Crippen LogP contribution in [0.15, 0.2) is 30.6 Å². The van der Waals surface area contributed by atoms with Gasteiger partial charge in [0.25, 0.3) is 0 Å². The fourth-order valence-corrected chi connectivity index (χ4v) is 1.49. The van der Waals surface area contributed by atoms with Gasteiger partial charge in [0.1, 0.15) is 5.82 Å². The lowest BCUT2D eigenvalue weighted by molar-refractivity contribution is 0.766. The summed E-state index contributed by atoms with van der Waals surface area (Å²) in [4.78, 5) is 12.8. The summed E-state index contributed by atoms with van der Waals surface area (Å²) in [6.45, 7) is 3.78. The number of hydrogen-bond acceptors (Lipinski definition) is 4. The Morgan fingerprint density at radius 1 is 1.31 bits per heavy atom. The van der Waals surface area contributed by atoms with Crippen molar-refractivity contribution in [3.8, 4) is 11.3 Å². The molecule has 2 heterocycles. The summed E-state index contributed by atoms with van der Waals surface area (Å²) in [5, 5.41) is 0. The minimum absolute atomic E-state index is 0.0860. The Labute approximate surface area is 94.6 Å². The van der Waals surface area contributed by atoms with Crippen molar-refractivity contribution in [1.29, 1.82) is 0 Å². The predicted octanol–water partition coefficient (Wildman–Crippen LogP) is 1.87. The molecule has 4 heteroatoms. The Kier molecular flexibility index (Phi) is 2.92. The van der Waals surface area contributed by atoms with Crippen LogP contribution in [0.25, 0.3) is 11.3 Å². The Bertz CT molecular complexity index is 480. The average Bonchev–Trinajstić information content (AvgIpc) is 2.29. The third-order valence-electron chi connectivity index (χ3n) is 2.28. The first-order valence-corrected chi connectivity index (χ1v) is 5.18. The zero-order chi connectivity index (χ0) is 11.5. The van der Waals surface area contributed by atoms with Gasteiger partial charge in [-0.2, -0.15) is 0 Å². The molecule has 0 amide bonds. The fraction of sp³-hybridized carbons (Fsp3) is 0.250. The number of pyridine rings is 1. The number of aryl methyl sites for hydroxylation is 1. The number of hydrogen-bond donors (Lipinski definition) is 1. The minimum atomic E-state index is -0.0860. The summed E-state index contributed by atoms with van der Waals surface area (Å²) in [6, 6.07) is 5.68. The lowest BCUT2D eigenvalue weighted by Gasteiger charge is -2.08. The lowest BCUT2D eigenvalue weighted by Crippen LogP contribution is -2.09. The standard InChI is InChI=1S/C12H14N4/c1-8(13)11-6-12(16-9(2)15-11)10-4-3-5-14-7-10/h3-8H,13H2,1-2H3. The van der Waals surface area contributed by atoms with Gasteiger partial charge in [-0.05, 0) is 32.0 Å². The molecule has 0 bridgehead atoms. The molecule has 0 radical (unpaired) electrons. The van der Waals surface area contributed by atoms with Gasteiger partial charge in [-0.3, -0.25) is 4.98 Å². The van der Waals surface area contributed by atoms with Crippen LogP contribution in [-0.2, 0) is 0 Å². The molecule has 1 atom stereocenters. The van der Waals surface area contributed by atoms with E-state index in [1.807, 2.05) is 32.0 Å². The van der Waals surface area contributed by atoms with E-state index in [-0.39, 0.29) is 6.04 Å². The highest BCUT2D eigenvalue weighted by Crippen LogP contribution is 2.18. The maximum absolute atomic E-state index is 5.82. The highest BCUT2D eigenvalue weighted by Gasteiger charge is 2.07. The van der Waals surface area contributed by atoms with E-state index in [2.05, 4.69) is 15.0 Å². The summed E-state index contributed by atoms with van der Waals surface area (Å²) >= 11 is 0. The third kappa shape index (κ3) is 2.23. The van der Waals surface area contributed by atoms with Crippen LogP contribution >= 0.6 is 0 Å². The summed E-state index contributed by atoms with van der Waals surface area (Å²) in [5.74, 6) is 0.730. The number of aromatic nitrogens is 3. The highest BCUT2D eigenvalue weighted by molar-refractivity contribution is 5.57. The van der Waals surface area contributed by atoms with Crippen molar-refractivity contribution in [2.75, 3.05) is 0 Å². The van der Waals surface area contributed by atoms with Crippen LogP contribution in [0.3, 0.4) is 0 Å². The quantitative estimate of drug-likeness (QED) is 0.828. The van der Waals surface area contributed by atoms with Crippen molar-refractivity contribution in [1.82, 2.24) is 15.0 Å². The van der Waals surface area contributed by atoms with Crippen LogP contribution in [-0.4, -0.2) is 15.0 Å². The van der Waals surface area contributed by atoms with Crippen molar-refractivity contribution < 1.29 is 0 Å². The second-order valence-corrected chi connectivity index (χ2v) is 3.76. The maximum Gasteiger partial charge on any atom is 0.126 e. The van der Waals surface area contributed by atoms with Gasteiger partial charge in [0.2, 0.25) is 0 Å². The van der Waals surface area contributed by atoms with Gasteiger partial charge in [0.05, 0.1) is 11.4 Å². The van der Waals surface area contributed by atoms with Crippen LogP contribution in [0, 0.1) is 6.92 Å². The number of nitrogens with zero attached hydrogens (tertiary/aromatic N) is 3. The van der Waals surface area contributed by atoms with Crippen LogP contribution in [0.5, 0.6) is 0 Å². The molecule has 0 aliphatic heterocycles. The van der Waals surface area contributed by atoms with E-state index in [1.165, 1.54) is 0 Å². The van der Waals surface area contributed by atoms with Crippen LogP contribution in [0.1, 0.15) is 24.5 Å². The monoisotopic (exact) mass is 214 g/mol. The van der Waals surface area contributed by atoms with Gasteiger partial charge in [0, 0.05) is 24.0 Å². The van der Waals surface area contributed by atoms with Gasteiger partial charge in [0.15, 0.2) is 0 Å². The summed E-state index contributed by atoms with van der Waals surface area (Å²) < 4.78 is 0. The van der Waals surface area contributed by atoms with Gasteiger partial charge < -0.3 is 5.73 Å². The molecular weight excluding hydrogens is 200 g/mol. The van der Waals surface area contributed by atoms with Crippen molar-refractivity contribution in [2.45, 2.75) is 19.9 Å². The number of nitrogens with two attached hydrogens (primary N) is 1. The highest BCUT2D eigenvalue weighted by atomic mass is 14.9.